The quantitative estimate of drug-likeness (QED) is 0.450. The predicted octanol–water partition coefficient (Wildman–Crippen LogP) is 4.65. The molecule has 0 unspecified atom stereocenters. The molecule has 1 amide bonds. The molecule has 0 radical (unpaired) electrons. The number of nitrogens with one attached hydrogen (secondary N) is 1. The molecule has 0 fully saturated rings. The van der Waals surface area contributed by atoms with Crippen LogP contribution in [0.5, 0.6) is 11.5 Å². The van der Waals surface area contributed by atoms with Crippen molar-refractivity contribution in [1.82, 2.24) is 15.1 Å². The first kappa shape index (κ1) is 20.5. The Morgan fingerprint density at radius 2 is 1.74 bits per heavy atom. The average Bonchev–Trinajstić information content (AvgIpc) is 3.37. The van der Waals surface area contributed by atoms with Crippen LogP contribution in [0.15, 0.2) is 53.1 Å². The summed E-state index contributed by atoms with van der Waals surface area (Å²) in [5.41, 5.74) is 2.30. The molecule has 8 nitrogen and oxygen atoms in total. The van der Waals surface area contributed by atoms with Crippen LogP contribution in [0.3, 0.4) is 0 Å². The highest BCUT2D eigenvalue weighted by atomic mass is 32.1. The number of amides is 1. The van der Waals surface area contributed by atoms with E-state index in [1.54, 1.807) is 38.3 Å². The largest absolute Gasteiger partial charge is 0.497 e. The number of aromatic nitrogens is 3. The van der Waals surface area contributed by atoms with Gasteiger partial charge in [0.1, 0.15) is 11.5 Å². The first-order valence-corrected chi connectivity index (χ1v) is 10.3. The van der Waals surface area contributed by atoms with E-state index < -0.39 is 0 Å². The summed E-state index contributed by atoms with van der Waals surface area (Å²) in [6.45, 7) is 3.88. The third kappa shape index (κ3) is 4.89. The molecule has 2 heterocycles. The van der Waals surface area contributed by atoms with Crippen LogP contribution in [-0.2, 0) is 6.61 Å². The molecule has 2 aromatic heterocycles. The molecule has 0 bridgehead atoms. The molecule has 158 valence electrons. The molecule has 2 aromatic carbocycles. The van der Waals surface area contributed by atoms with E-state index in [2.05, 4.69) is 20.4 Å². The SMILES string of the molecule is COc1ccc(-c2nc(NC(=O)c3ccc(OCc4noc(C)n4)cc3)sc2C)cc1. The van der Waals surface area contributed by atoms with Crippen LogP contribution in [-0.4, -0.2) is 28.1 Å². The minimum Gasteiger partial charge on any atom is -0.497 e. The minimum absolute atomic E-state index is 0.190. The molecule has 0 spiro atoms. The lowest BCUT2D eigenvalue weighted by molar-refractivity contribution is 0.102. The zero-order valence-electron chi connectivity index (χ0n) is 17.2. The van der Waals surface area contributed by atoms with Crippen LogP contribution in [0.25, 0.3) is 11.3 Å². The van der Waals surface area contributed by atoms with E-state index in [9.17, 15) is 4.79 Å². The van der Waals surface area contributed by atoms with Gasteiger partial charge in [-0.2, -0.15) is 4.98 Å². The Morgan fingerprint density at radius 1 is 1.03 bits per heavy atom. The molecule has 9 heteroatoms. The van der Waals surface area contributed by atoms with Gasteiger partial charge in [-0.3, -0.25) is 10.1 Å². The van der Waals surface area contributed by atoms with Crippen molar-refractivity contribution in [2.45, 2.75) is 20.5 Å². The summed E-state index contributed by atoms with van der Waals surface area (Å²) in [6, 6.07) is 14.5. The van der Waals surface area contributed by atoms with E-state index in [-0.39, 0.29) is 12.5 Å². The molecular formula is C22H20N4O4S. The predicted molar refractivity (Wildman–Crippen MR) is 117 cm³/mol. The van der Waals surface area contributed by atoms with Crippen LogP contribution >= 0.6 is 11.3 Å². The van der Waals surface area contributed by atoms with E-state index in [1.807, 2.05) is 31.2 Å². The zero-order chi connectivity index (χ0) is 21.8. The maximum atomic E-state index is 12.6. The summed E-state index contributed by atoms with van der Waals surface area (Å²) in [6.07, 6.45) is 0. The van der Waals surface area contributed by atoms with Crippen LogP contribution in [0.1, 0.15) is 27.0 Å². The third-order valence-electron chi connectivity index (χ3n) is 4.43. The number of rotatable bonds is 7. The molecular weight excluding hydrogens is 416 g/mol. The van der Waals surface area contributed by atoms with E-state index in [0.29, 0.717) is 28.2 Å². The monoisotopic (exact) mass is 436 g/mol. The molecule has 4 aromatic rings. The highest BCUT2D eigenvalue weighted by Gasteiger charge is 2.14. The fourth-order valence-electron chi connectivity index (χ4n) is 2.89. The number of ether oxygens (including phenoxy) is 2. The summed E-state index contributed by atoms with van der Waals surface area (Å²) < 4.78 is 15.7. The Labute approximate surface area is 182 Å². The van der Waals surface area contributed by atoms with Crippen molar-refractivity contribution in [1.29, 1.82) is 0 Å². The highest BCUT2D eigenvalue weighted by Crippen LogP contribution is 2.31. The van der Waals surface area contributed by atoms with Gasteiger partial charge in [-0.25, -0.2) is 4.98 Å². The molecule has 0 aliphatic carbocycles. The van der Waals surface area contributed by atoms with Crippen molar-refractivity contribution < 1.29 is 18.8 Å². The van der Waals surface area contributed by atoms with Gasteiger partial charge in [-0.15, -0.1) is 11.3 Å². The average molecular weight is 436 g/mol. The standard InChI is InChI=1S/C22H20N4O4S/c1-13-20(15-4-8-17(28-3)9-5-15)24-22(31-13)25-21(27)16-6-10-18(11-7-16)29-12-19-23-14(2)30-26-19/h4-11H,12H2,1-3H3,(H,24,25,27). The summed E-state index contributed by atoms with van der Waals surface area (Å²) in [5.74, 6) is 2.09. The molecule has 0 saturated heterocycles. The third-order valence-corrected chi connectivity index (χ3v) is 5.32. The first-order valence-electron chi connectivity index (χ1n) is 9.47. The summed E-state index contributed by atoms with van der Waals surface area (Å²) in [4.78, 5) is 22.3. The van der Waals surface area contributed by atoms with Crippen LogP contribution in [0, 0.1) is 13.8 Å². The Balaban J connectivity index is 1.39. The molecule has 0 aliphatic heterocycles. The molecule has 0 saturated carbocycles. The van der Waals surface area contributed by atoms with Crippen LogP contribution in [0.4, 0.5) is 5.13 Å². The van der Waals surface area contributed by atoms with E-state index in [1.165, 1.54) is 11.3 Å². The van der Waals surface area contributed by atoms with Crippen LogP contribution < -0.4 is 14.8 Å². The van der Waals surface area contributed by atoms with Gasteiger partial charge >= 0.3 is 0 Å². The number of anilines is 1. The number of benzene rings is 2. The van der Waals surface area contributed by atoms with Gasteiger partial charge in [-0.05, 0) is 55.5 Å². The lowest BCUT2D eigenvalue weighted by Crippen LogP contribution is -2.11. The van der Waals surface area contributed by atoms with Gasteiger partial charge in [0, 0.05) is 22.9 Å². The van der Waals surface area contributed by atoms with Gasteiger partial charge in [-0.1, -0.05) is 5.16 Å². The van der Waals surface area contributed by atoms with Crippen molar-refractivity contribution in [2.24, 2.45) is 0 Å². The zero-order valence-corrected chi connectivity index (χ0v) is 18.0. The van der Waals surface area contributed by atoms with E-state index in [0.717, 1.165) is 21.9 Å². The van der Waals surface area contributed by atoms with E-state index >= 15 is 0 Å². The summed E-state index contributed by atoms with van der Waals surface area (Å²) in [7, 11) is 1.63. The number of aryl methyl sites for hydroxylation is 2. The maximum Gasteiger partial charge on any atom is 0.257 e. The molecule has 4 rings (SSSR count). The van der Waals surface area contributed by atoms with Crippen molar-refractivity contribution in [3.05, 3.63) is 70.7 Å². The highest BCUT2D eigenvalue weighted by molar-refractivity contribution is 7.16. The number of carbonyl (C=O) groups is 1. The van der Waals surface area contributed by atoms with Crippen molar-refractivity contribution in [3.8, 4) is 22.8 Å². The number of methoxy groups -OCH3 is 1. The molecule has 31 heavy (non-hydrogen) atoms. The Bertz CT molecular complexity index is 1180. The number of hydrogen-bond donors (Lipinski definition) is 1. The van der Waals surface area contributed by atoms with Gasteiger partial charge in [0.15, 0.2) is 11.7 Å². The Hall–Kier alpha value is -3.72. The maximum absolute atomic E-state index is 12.6. The lowest BCUT2D eigenvalue weighted by atomic mass is 10.1. The number of nitrogens with zero attached hydrogens (tertiary/aromatic N) is 3. The number of hydrogen-bond acceptors (Lipinski definition) is 8. The second-order valence-corrected chi connectivity index (χ2v) is 7.85. The van der Waals surface area contributed by atoms with Gasteiger partial charge in [0.05, 0.1) is 12.8 Å². The van der Waals surface area contributed by atoms with Gasteiger partial charge < -0.3 is 14.0 Å². The molecule has 0 aliphatic rings. The van der Waals surface area contributed by atoms with Crippen molar-refractivity contribution >= 4 is 22.4 Å². The van der Waals surface area contributed by atoms with Gasteiger partial charge in [0.2, 0.25) is 11.7 Å². The molecule has 1 N–H and O–H groups in total. The lowest BCUT2D eigenvalue weighted by Gasteiger charge is -2.05. The van der Waals surface area contributed by atoms with E-state index in [4.69, 9.17) is 14.0 Å². The normalized spacial score (nSPS) is 10.7. The van der Waals surface area contributed by atoms with Crippen molar-refractivity contribution in [3.63, 3.8) is 0 Å². The van der Waals surface area contributed by atoms with Crippen molar-refractivity contribution in [2.75, 3.05) is 12.4 Å². The minimum atomic E-state index is -0.240. The smallest absolute Gasteiger partial charge is 0.257 e. The summed E-state index contributed by atoms with van der Waals surface area (Å²) in [5, 5.41) is 7.18. The topological polar surface area (TPSA) is 99.4 Å². The Kier molecular flexibility index (Phi) is 5.94. The number of thiazole rings is 1. The van der Waals surface area contributed by atoms with Crippen LogP contribution in [0.2, 0.25) is 0 Å². The Morgan fingerprint density at radius 3 is 2.39 bits per heavy atom. The second-order valence-electron chi connectivity index (χ2n) is 6.65. The first-order chi connectivity index (χ1) is 15.0. The number of carbonyl (C=O) groups excluding carboxylic acids is 1. The fourth-order valence-corrected chi connectivity index (χ4v) is 3.72. The fraction of sp³-hybridized carbons (Fsp3) is 0.182. The van der Waals surface area contributed by atoms with Gasteiger partial charge in [0.25, 0.3) is 5.91 Å². The second kappa shape index (κ2) is 8.97. The molecule has 0 atom stereocenters. The summed E-state index contributed by atoms with van der Waals surface area (Å²) >= 11 is 1.43.